The number of carbonyl (C=O) groups is 1. The molecule has 0 saturated heterocycles. The molecular weight excluding hydrogens is 200 g/mol. The Hall–Kier alpha value is -1.31. The summed E-state index contributed by atoms with van der Waals surface area (Å²) in [5.74, 6) is 1.85. The average molecular weight is 218 g/mol. The van der Waals surface area contributed by atoms with E-state index in [4.69, 9.17) is 4.74 Å². The molecule has 0 aromatic heterocycles. The molecule has 1 atom stereocenters. The molecule has 86 valence electrons. The van der Waals surface area contributed by atoms with Gasteiger partial charge >= 0.3 is 5.97 Å². The first-order chi connectivity index (χ1) is 7.66. The summed E-state index contributed by atoms with van der Waals surface area (Å²) >= 11 is 0. The number of rotatable bonds is 3. The summed E-state index contributed by atoms with van der Waals surface area (Å²) in [6, 6.07) is 0. The van der Waals surface area contributed by atoms with Crippen LogP contribution in [0.25, 0.3) is 0 Å². The largest absolute Gasteiger partial charge is 0.428 e. The Kier molecular flexibility index (Phi) is 3.28. The number of esters is 1. The highest BCUT2D eigenvalue weighted by molar-refractivity contribution is 5.87. The number of carbonyl (C=O) groups excluding carboxylic acids is 1. The zero-order valence-electron chi connectivity index (χ0n) is 9.74. The summed E-state index contributed by atoms with van der Waals surface area (Å²) in [6.45, 7) is 5.26. The number of allylic oxidation sites excluding steroid dienone is 4. The van der Waals surface area contributed by atoms with Crippen molar-refractivity contribution >= 4 is 5.97 Å². The molecule has 0 bridgehead atoms. The van der Waals surface area contributed by atoms with E-state index in [0.29, 0.717) is 11.5 Å². The Balaban J connectivity index is 1.90. The molecule has 0 spiro atoms. The Labute approximate surface area is 96.7 Å². The van der Waals surface area contributed by atoms with Crippen LogP contribution in [0, 0.1) is 11.8 Å². The lowest BCUT2D eigenvalue weighted by atomic mass is 9.90. The van der Waals surface area contributed by atoms with E-state index in [1.807, 2.05) is 0 Å². The second kappa shape index (κ2) is 4.69. The van der Waals surface area contributed by atoms with Gasteiger partial charge in [0.15, 0.2) is 0 Å². The smallest absolute Gasteiger partial charge is 0.338 e. The highest BCUT2D eigenvalue weighted by Crippen LogP contribution is 2.36. The van der Waals surface area contributed by atoms with E-state index >= 15 is 0 Å². The van der Waals surface area contributed by atoms with Gasteiger partial charge in [0.1, 0.15) is 5.76 Å². The van der Waals surface area contributed by atoms with Gasteiger partial charge in [-0.25, -0.2) is 4.79 Å². The minimum Gasteiger partial charge on any atom is -0.428 e. The molecule has 16 heavy (non-hydrogen) atoms. The molecule has 2 rings (SSSR count). The van der Waals surface area contributed by atoms with Gasteiger partial charge < -0.3 is 4.74 Å². The minimum absolute atomic E-state index is 0.295. The molecule has 0 amide bonds. The van der Waals surface area contributed by atoms with Crippen molar-refractivity contribution in [2.75, 3.05) is 0 Å². The zero-order valence-corrected chi connectivity index (χ0v) is 9.74. The first-order valence-corrected chi connectivity index (χ1v) is 5.90. The monoisotopic (exact) mass is 218 g/mol. The fourth-order valence-electron chi connectivity index (χ4n) is 2.37. The van der Waals surface area contributed by atoms with Crippen LogP contribution in [0.5, 0.6) is 0 Å². The van der Waals surface area contributed by atoms with E-state index in [1.54, 1.807) is 6.92 Å². The summed E-state index contributed by atoms with van der Waals surface area (Å²) in [7, 11) is 0. The normalized spacial score (nSPS) is 24.6. The summed E-state index contributed by atoms with van der Waals surface area (Å²) in [6.07, 6.45) is 11.0. The number of ether oxygens (including phenoxy) is 1. The molecule has 0 aromatic carbocycles. The van der Waals surface area contributed by atoms with Crippen molar-refractivity contribution in [3.63, 3.8) is 0 Å². The van der Waals surface area contributed by atoms with Crippen LogP contribution >= 0.6 is 0 Å². The standard InChI is InChI=1S/C14H18O2/c1-10(2)14(15)16-13-8-7-12(9-13)11-5-3-4-6-11/h3-4,9,11-12H,1,5-8H2,2H3. The van der Waals surface area contributed by atoms with Crippen molar-refractivity contribution in [1.82, 2.24) is 0 Å². The summed E-state index contributed by atoms with van der Waals surface area (Å²) in [4.78, 5) is 11.4. The molecule has 0 aliphatic heterocycles. The second-order valence-electron chi connectivity index (χ2n) is 4.71. The molecule has 0 radical (unpaired) electrons. The van der Waals surface area contributed by atoms with Gasteiger partial charge in [0.25, 0.3) is 0 Å². The van der Waals surface area contributed by atoms with E-state index in [1.165, 1.54) is 12.8 Å². The first kappa shape index (κ1) is 11.2. The lowest BCUT2D eigenvalue weighted by Crippen LogP contribution is -2.06. The quantitative estimate of drug-likeness (QED) is 0.412. The highest BCUT2D eigenvalue weighted by Gasteiger charge is 2.26. The third-order valence-corrected chi connectivity index (χ3v) is 3.35. The third kappa shape index (κ3) is 2.43. The Morgan fingerprint density at radius 1 is 1.44 bits per heavy atom. The Bertz CT molecular complexity index is 355. The maximum absolute atomic E-state index is 11.4. The van der Waals surface area contributed by atoms with Gasteiger partial charge in [0.05, 0.1) is 0 Å². The van der Waals surface area contributed by atoms with Gasteiger partial charge in [-0.2, -0.15) is 0 Å². The lowest BCUT2D eigenvalue weighted by Gasteiger charge is -2.14. The number of hydrogen-bond acceptors (Lipinski definition) is 2. The fourth-order valence-corrected chi connectivity index (χ4v) is 2.37. The maximum atomic E-state index is 11.4. The van der Waals surface area contributed by atoms with Crippen LogP contribution in [-0.2, 0) is 9.53 Å². The summed E-state index contributed by atoms with van der Waals surface area (Å²) in [5.41, 5.74) is 0.465. The van der Waals surface area contributed by atoms with Crippen molar-refractivity contribution < 1.29 is 9.53 Å². The minimum atomic E-state index is -0.295. The maximum Gasteiger partial charge on any atom is 0.338 e. The molecule has 2 aliphatic carbocycles. The molecule has 2 aliphatic rings. The van der Waals surface area contributed by atoms with Crippen molar-refractivity contribution in [3.8, 4) is 0 Å². The molecule has 1 unspecified atom stereocenters. The van der Waals surface area contributed by atoms with Gasteiger partial charge in [-0.1, -0.05) is 18.7 Å². The van der Waals surface area contributed by atoms with Gasteiger partial charge in [-0.05, 0) is 44.1 Å². The number of hydrogen-bond donors (Lipinski definition) is 0. The molecule has 0 heterocycles. The van der Waals surface area contributed by atoms with Crippen molar-refractivity contribution in [2.24, 2.45) is 11.8 Å². The highest BCUT2D eigenvalue weighted by atomic mass is 16.5. The lowest BCUT2D eigenvalue weighted by molar-refractivity contribution is -0.135. The molecule has 0 N–H and O–H groups in total. The average Bonchev–Trinajstić information content (AvgIpc) is 2.85. The van der Waals surface area contributed by atoms with Crippen LogP contribution < -0.4 is 0 Å². The van der Waals surface area contributed by atoms with Crippen LogP contribution in [0.4, 0.5) is 0 Å². The summed E-state index contributed by atoms with van der Waals surface area (Å²) in [5, 5.41) is 0. The van der Waals surface area contributed by atoms with Crippen LogP contribution in [0.2, 0.25) is 0 Å². The Morgan fingerprint density at radius 3 is 2.75 bits per heavy atom. The van der Waals surface area contributed by atoms with Crippen molar-refractivity contribution in [1.29, 1.82) is 0 Å². The van der Waals surface area contributed by atoms with E-state index in [-0.39, 0.29) is 5.97 Å². The molecule has 0 saturated carbocycles. The van der Waals surface area contributed by atoms with Gasteiger partial charge in [-0.15, -0.1) is 0 Å². The van der Waals surface area contributed by atoms with Gasteiger partial charge in [-0.3, -0.25) is 0 Å². The second-order valence-corrected chi connectivity index (χ2v) is 4.71. The van der Waals surface area contributed by atoms with E-state index in [2.05, 4.69) is 24.8 Å². The topological polar surface area (TPSA) is 26.3 Å². The van der Waals surface area contributed by atoms with Crippen molar-refractivity contribution in [3.05, 3.63) is 36.1 Å². The van der Waals surface area contributed by atoms with Crippen LogP contribution in [0.1, 0.15) is 32.6 Å². The van der Waals surface area contributed by atoms with Gasteiger partial charge in [0, 0.05) is 12.0 Å². The van der Waals surface area contributed by atoms with Gasteiger partial charge in [0.2, 0.25) is 0 Å². The zero-order chi connectivity index (χ0) is 11.5. The Morgan fingerprint density at radius 2 is 2.12 bits per heavy atom. The van der Waals surface area contributed by atoms with E-state index < -0.39 is 0 Å². The van der Waals surface area contributed by atoms with Crippen LogP contribution in [-0.4, -0.2) is 5.97 Å². The first-order valence-electron chi connectivity index (χ1n) is 5.90. The molecule has 2 nitrogen and oxygen atoms in total. The van der Waals surface area contributed by atoms with Crippen molar-refractivity contribution in [2.45, 2.75) is 32.6 Å². The molecular formula is C14H18O2. The molecule has 0 fully saturated rings. The predicted octanol–water partition coefficient (Wildman–Crippen LogP) is 3.37. The SMILES string of the molecule is C=C(C)C(=O)OC1=CC(C2CC=CC2)CC1. The molecule has 2 heteroatoms. The predicted molar refractivity (Wildman–Crippen MR) is 63.6 cm³/mol. The van der Waals surface area contributed by atoms with E-state index in [0.717, 1.165) is 24.5 Å². The summed E-state index contributed by atoms with van der Waals surface area (Å²) < 4.78 is 5.26. The van der Waals surface area contributed by atoms with Crippen LogP contribution in [0.15, 0.2) is 36.1 Å². The fraction of sp³-hybridized carbons (Fsp3) is 0.500. The van der Waals surface area contributed by atoms with E-state index in [9.17, 15) is 4.79 Å². The van der Waals surface area contributed by atoms with Crippen LogP contribution in [0.3, 0.4) is 0 Å². The third-order valence-electron chi connectivity index (χ3n) is 3.35. The molecule has 0 aromatic rings.